The van der Waals surface area contributed by atoms with E-state index in [0.29, 0.717) is 6.61 Å². The van der Waals surface area contributed by atoms with Gasteiger partial charge in [0.15, 0.2) is 9.84 Å². The van der Waals surface area contributed by atoms with E-state index in [9.17, 15) is 8.42 Å². The summed E-state index contributed by atoms with van der Waals surface area (Å²) in [6.07, 6.45) is 0.746. The molecule has 0 spiro atoms. The minimum Gasteiger partial charge on any atom is -0.379 e. The van der Waals surface area contributed by atoms with Crippen molar-refractivity contribution in [1.29, 1.82) is 0 Å². The third kappa shape index (κ3) is 2.48. The molecule has 2 fully saturated rings. The van der Waals surface area contributed by atoms with Crippen LogP contribution in [0.15, 0.2) is 0 Å². The molecular weight excluding hydrogens is 272 g/mol. The molecule has 0 aromatic rings. The van der Waals surface area contributed by atoms with Crippen molar-refractivity contribution in [1.82, 2.24) is 0 Å². The van der Waals surface area contributed by atoms with Gasteiger partial charge in [-0.3, -0.25) is 0 Å². The summed E-state index contributed by atoms with van der Waals surface area (Å²) in [4.78, 5) is -0.0619. The molecule has 0 N–H and O–H groups in total. The fourth-order valence-electron chi connectivity index (χ4n) is 1.76. The third-order valence-electron chi connectivity index (χ3n) is 2.49. The van der Waals surface area contributed by atoms with Crippen molar-refractivity contribution in [3.05, 3.63) is 0 Å². The van der Waals surface area contributed by atoms with Crippen LogP contribution in [0.1, 0.15) is 6.42 Å². The summed E-state index contributed by atoms with van der Waals surface area (Å²) in [6, 6.07) is 0. The number of ether oxygens (including phenoxy) is 2. The molecule has 0 aromatic heterocycles. The van der Waals surface area contributed by atoms with Gasteiger partial charge in [0, 0.05) is 6.61 Å². The summed E-state index contributed by atoms with van der Waals surface area (Å²) in [7, 11) is -2.90. The summed E-state index contributed by atoms with van der Waals surface area (Å²) < 4.78 is 33.4. The summed E-state index contributed by atoms with van der Waals surface area (Å²) >= 11 is 3.34. The summed E-state index contributed by atoms with van der Waals surface area (Å²) in [5.41, 5.74) is 0. The van der Waals surface area contributed by atoms with E-state index in [1.165, 1.54) is 0 Å². The molecule has 2 saturated heterocycles. The number of halogens is 1. The van der Waals surface area contributed by atoms with E-state index in [4.69, 9.17) is 9.47 Å². The van der Waals surface area contributed by atoms with E-state index in [2.05, 4.69) is 15.9 Å². The summed E-state index contributed by atoms with van der Waals surface area (Å²) in [5, 5.41) is 0. The molecular formula is C8H13BrO4S. The molecule has 3 atom stereocenters. The molecule has 0 bridgehead atoms. The Bertz CT molecular complexity index is 296. The van der Waals surface area contributed by atoms with Crippen molar-refractivity contribution in [2.45, 2.75) is 23.5 Å². The largest absolute Gasteiger partial charge is 0.379 e. The molecule has 82 valence electrons. The normalized spacial score (nSPS) is 41.6. The average molecular weight is 285 g/mol. The fraction of sp³-hybridized carbons (Fsp3) is 1.00. The van der Waals surface area contributed by atoms with Gasteiger partial charge in [0.1, 0.15) is 0 Å². The van der Waals surface area contributed by atoms with Gasteiger partial charge in [-0.15, -0.1) is 0 Å². The van der Waals surface area contributed by atoms with E-state index < -0.39 is 9.84 Å². The first-order chi connectivity index (χ1) is 6.57. The van der Waals surface area contributed by atoms with Crippen molar-refractivity contribution in [2.24, 2.45) is 0 Å². The highest BCUT2D eigenvalue weighted by Crippen LogP contribution is 2.25. The Morgan fingerprint density at radius 2 is 2.14 bits per heavy atom. The Kier molecular flexibility index (Phi) is 3.16. The van der Waals surface area contributed by atoms with Crippen LogP contribution in [0.2, 0.25) is 0 Å². The van der Waals surface area contributed by atoms with Crippen molar-refractivity contribution in [3.63, 3.8) is 0 Å². The van der Waals surface area contributed by atoms with Crippen molar-refractivity contribution in [2.75, 3.05) is 24.7 Å². The van der Waals surface area contributed by atoms with Gasteiger partial charge in [-0.25, -0.2) is 8.42 Å². The second kappa shape index (κ2) is 4.08. The second-order valence-electron chi connectivity index (χ2n) is 3.75. The van der Waals surface area contributed by atoms with Gasteiger partial charge in [-0.1, -0.05) is 15.9 Å². The van der Waals surface area contributed by atoms with Gasteiger partial charge in [0.25, 0.3) is 0 Å². The van der Waals surface area contributed by atoms with Crippen LogP contribution in [0.5, 0.6) is 0 Å². The zero-order valence-electron chi connectivity index (χ0n) is 7.69. The van der Waals surface area contributed by atoms with Crippen molar-refractivity contribution < 1.29 is 17.9 Å². The van der Waals surface area contributed by atoms with Crippen LogP contribution in [-0.4, -0.2) is 50.2 Å². The maximum Gasteiger partial charge on any atom is 0.154 e. The molecule has 0 amide bonds. The lowest BCUT2D eigenvalue weighted by atomic mass is 10.3. The standard InChI is InChI=1S/C8H13BrO4S/c9-7-4-14(10,11)5-8(7)13-6-1-2-12-3-6/h6-8H,1-5H2. The molecule has 14 heavy (non-hydrogen) atoms. The van der Waals surface area contributed by atoms with Crippen LogP contribution in [0, 0.1) is 0 Å². The number of hydrogen-bond donors (Lipinski definition) is 0. The smallest absolute Gasteiger partial charge is 0.154 e. The van der Waals surface area contributed by atoms with E-state index in [-0.39, 0.29) is 28.5 Å². The molecule has 0 aliphatic carbocycles. The van der Waals surface area contributed by atoms with E-state index in [1.807, 2.05) is 0 Å². The molecule has 0 aromatic carbocycles. The quantitative estimate of drug-likeness (QED) is 0.687. The molecule has 2 heterocycles. The van der Waals surface area contributed by atoms with Crippen LogP contribution in [-0.2, 0) is 19.3 Å². The van der Waals surface area contributed by atoms with Crippen LogP contribution >= 0.6 is 15.9 Å². The van der Waals surface area contributed by atoms with Gasteiger partial charge in [0.2, 0.25) is 0 Å². The zero-order valence-corrected chi connectivity index (χ0v) is 10.1. The molecule has 2 aliphatic heterocycles. The molecule has 3 unspecified atom stereocenters. The van der Waals surface area contributed by atoms with Gasteiger partial charge in [0.05, 0.1) is 35.1 Å². The van der Waals surface area contributed by atoms with Gasteiger partial charge < -0.3 is 9.47 Å². The molecule has 6 heteroatoms. The Balaban J connectivity index is 1.92. The first kappa shape index (κ1) is 10.9. The van der Waals surface area contributed by atoms with E-state index in [1.54, 1.807) is 0 Å². The molecule has 0 radical (unpaired) electrons. The summed E-state index contributed by atoms with van der Waals surface area (Å²) in [6.45, 7) is 1.31. The average Bonchev–Trinajstić information content (AvgIpc) is 2.61. The number of sulfone groups is 1. The lowest BCUT2D eigenvalue weighted by molar-refractivity contribution is 0.000744. The third-order valence-corrected chi connectivity index (χ3v) is 5.54. The predicted octanol–water partition coefficient (Wildman–Crippen LogP) is 0.352. The van der Waals surface area contributed by atoms with Crippen molar-refractivity contribution in [3.8, 4) is 0 Å². The predicted molar refractivity (Wildman–Crippen MR) is 55.5 cm³/mol. The highest BCUT2D eigenvalue weighted by Gasteiger charge is 2.38. The number of hydrogen-bond acceptors (Lipinski definition) is 4. The van der Waals surface area contributed by atoms with Crippen LogP contribution in [0.3, 0.4) is 0 Å². The lowest BCUT2D eigenvalue weighted by Gasteiger charge is -2.17. The maximum atomic E-state index is 11.3. The first-order valence-electron chi connectivity index (χ1n) is 4.64. The minimum absolute atomic E-state index is 0.0619. The Morgan fingerprint density at radius 1 is 1.36 bits per heavy atom. The molecule has 2 aliphatic rings. The summed E-state index contributed by atoms with van der Waals surface area (Å²) in [5.74, 6) is 0.324. The SMILES string of the molecule is O=S1(=O)CC(Br)C(OC2CCOC2)C1. The fourth-order valence-corrected chi connectivity index (χ4v) is 5.18. The Morgan fingerprint density at radius 3 is 2.64 bits per heavy atom. The van der Waals surface area contributed by atoms with Gasteiger partial charge in [-0.2, -0.15) is 0 Å². The zero-order chi connectivity index (χ0) is 10.2. The van der Waals surface area contributed by atoms with Crippen LogP contribution in [0.4, 0.5) is 0 Å². The maximum absolute atomic E-state index is 11.3. The van der Waals surface area contributed by atoms with Gasteiger partial charge >= 0.3 is 0 Å². The Hall–Kier alpha value is 0.350. The van der Waals surface area contributed by atoms with Crippen LogP contribution < -0.4 is 0 Å². The molecule has 0 saturated carbocycles. The van der Waals surface area contributed by atoms with E-state index in [0.717, 1.165) is 13.0 Å². The number of alkyl halides is 1. The lowest BCUT2D eigenvalue weighted by Crippen LogP contribution is -2.28. The van der Waals surface area contributed by atoms with Crippen molar-refractivity contribution >= 4 is 25.8 Å². The molecule has 2 rings (SSSR count). The minimum atomic E-state index is -2.90. The second-order valence-corrected chi connectivity index (χ2v) is 7.08. The first-order valence-corrected chi connectivity index (χ1v) is 7.38. The van der Waals surface area contributed by atoms with Gasteiger partial charge in [-0.05, 0) is 6.42 Å². The topological polar surface area (TPSA) is 52.6 Å². The monoisotopic (exact) mass is 284 g/mol. The molecule has 4 nitrogen and oxygen atoms in total. The highest BCUT2D eigenvalue weighted by atomic mass is 79.9. The van der Waals surface area contributed by atoms with Crippen LogP contribution in [0.25, 0.3) is 0 Å². The highest BCUT2D eigenvalue weighted by molar-refractivity contribution is 9.09. The Labute approximate surface area is 92.0 Å². The van der Waals surface area contributed by atoms with E-state index >= 15 is 0 Å². The number of rotatable bonds is 2.